The zero-order valence-electron chi connectivity index (χ0n) is 11.2. The summed E-state index contributed by atoms with van der Waals surface area (Å²) in [6, 6.07) is 10.8. The summed E-state index contributed by atoms with van der Waals surface area (Å²) >= 11 is 0. The number of fused-ring (bicyclic) bond motifs is 1. The third-order valence-electron chi connectivity index (χ3n) is 3.98. The molecule has 2 rings (SSSR count). The second-order valence-electron chi connectivity index (χ2n) is 5.62. The van der Waals surface area contributed by atoms with Gasteiger partial charge >= 0.3 is 0 Å². The molecule has 1 unspecified atom stereocenters. The molecular weight excluding hydrogens is 220 g/mol. The molecule has 0 saturated heterocycles. The lowest BCUT2D eigenvalue weighted by molar-refractivity contribution is 0.308. The van der Waals surface area contributed by atoms with Gasteiger partial charge in [0.25, 0.3) is 0 Å². The van der Waals surface area contributed by atoms with E-state index in [2.05, 4.69) is 50.0 Å². The molecule has 0 amide bonds. The fraction of sp³-hybridized carbons (Fsp3) is 0.438. The van der Waals surface area contributed by atoms with Crippen LogP contribution in [0.4, 0.5) is 0 Å². The molecule has 18 heavy (non-hydrogen) atoms. The van der Waals surface area contributed by atoms with Crippen LogP contribution in [0.1, 0.15) is 37.8 Å². The number of rotatable bonds is 3. The number of nitrogens with zero attached hydrogens (tertiary/aromatic N) is 1. The van der Waals surface area contributed by atoms with Gasteiger partial charge < -0.3 is 0 Å². The quantitative estimate of drug-likeness (QED) is 0.823. The fourth-order valence-electron chi connectivity index (χ4n) is 2.80. The van der Waals surface area contributed by atoms with Crippen molar-refractivity contribution < 1.29 is 0 Å². The number of nitrogens with one attached hydrogen (secondary N) is 1. The van der Waals surface area contributed by atoms with Crippen molar-refractivity contribution in [3.05, 3.63) is 48.0 Å². The van der Waals surface area contributed by atoms with Crippen molar-refractivity contribution >= 4 is 0 Å². The van der Waals surface area contributed by atoms with Crippen LogP contribution in [0.3, 0.4) is 0 Å². The van der Waals surface area contributed by atoms with E-state index in [0.717, 1.165) is 18.4 Å². The first-order chi connectivity index (χ1) is 8.56. The molecule has 0 aromatic heterocycles. The van der Waals surface area contributed by atoms with Gasteiger partial charge in [-0.1, -0.05) is 44.2 Å². The molecule has 0 aliphatic heterocycles. The van der Waals surface area contributed by atoms with Crippen molar-refractivity contribution in [1.29, 1.82) is 5.26 Å². The van der Waals surface area contributed by atoms with Crippen LogP contribution in [0.15, 0.2) is 36.9 Å². The van der Waals surface area contributed by atoms with Gasteiger partial charge in [-0.3, -0.25) is 5.32 Å². The lowest BCUT2D eigenvalue weighted by atomic mass is 9.66. The molecule has 0 radical (unpaired) electrons. The van der Waals surface area contributed by atoms with Crippen LogP contribution in [0, 0.1) is 11.3 Å². The Morgan fingerprint density at radius 3 is 2.61 bits per heavy atom. The Bertz CT molecular complexity index is 496. The lowest BCUT2D eigenvalue weighted by Crippen LogP contribution is -2.47. The Morgan fingerprint density at radius 1 is 1.33 bits per heavy atom. The molecule has 1 N–H and O–H groups in total. The molecular formula is C16H20N2. The molecule has 1 aromatic carbocycles. The summed E-state index contributed by atoms with van der Waals surface area (Å²) < 4.78 is 0. The van der Waals surface area contributed by atoms with Crippen molar-refractivity contribution in [1.82, 2.24) is 5.32 Å². The minimum Gasteiger partial charge on any atom is -0.292 e. The van der Waals surface area contributed by atoms with E-state index in [4.69, 9.17) is 0 Å². The van der Waals surface area contributed by atoms with Crippen LogP contribution in [0.25, 0.3) is 0 Å². The predicted molar refractivity (Wildman–Crippen MR) is 74.2 cm³/mol. The van der Waals surface area contributed by atoms with Gasteiger partial charge in [-0.2, -0.15) is 5.26 Å². The molecule has 1 aromatic rings. The molecule has 2 nitrogen and oxygen atoms in total. The van der Waals surface area contributed by atoms with Crippen molar-refractivity contribution in [2.75, 3.05) is 6.54 Å². The molecule has 2 heteroatoms. The van der Waals surface area contributed by atoms with Crippen molar-refractivity contribution in [2.24, 2.45) is 0 Å². The van der Waals surface area contributed by atoms with Crippen LogP contribution in [-0.4, -0.2) is 6.54 Å². The third kappa shape index (κ3) is 1.95. The van der Waals surface area contributed by atoms with Gasteiger partial charge in [0.1, 0.15) is 5.54 Å². The van der Waals surface area contributed by atoms with Crippen LogP contribution in [0.5, 0.6) is 0 Å². The number of hydrogen-bond acceptors (Lipinski definition) is 2. The first kappa shape index (κ1) is 12.9. The van der Waals surface area contributed by atoms with Crippen LogP contribution in [-0.2, 0) is 11.0 Å². The van der Waals surface area contributed by atoms with Crippen LogP contribution in [0.2, 0.25) is 0 Å². The van der Waals surface area contributed by atoms with E-state index in [0.29, 0.717) is 6.54 Å². The lowest BCUT2D eigenvalue weighted by Gasteiger charge is -2.42. The van der Waals surface area contributed by atoms with Gasteiger partial charge in [0.2, 0.25) is 0 Å². The first-order valence-electron chi connectivity index (χ1n) is 6.43. The summed E-state index contributed by atoms with van der Waals surface area (Å²) in [5, 5.41) is 13.0. The zero-order valence-corrected chi connectivity index (χ0v) is 11.2. The summed E-state index contributed by atoms with van der Waals surface area (Å²) in [6.07, 6.45) is 3.67. The number of nitriles is 1. The van der Waals surface area contributed by atoms with E-state index in [1.165, 1.54) is 5.56 Å². The Kier molecular flexibility index (Phi) is 3.28. The van der Waals surface area contributed by atoms with Gasteiger partial charge in [-0.15, -0.1) is 6.58 Å². The van der Waals surface area contributed by atoms with Crippen LogP contribution >= 0.6 is 0 Å². The molecule has 0 saturated carbocycles. The molecule has 1 atom stereocenters. The maximum absolute atomic E-state index is 9.64. The molecule has 0 heterocycles. The Labute approximate surface area is 109 Å². The smallest absolute Gasteiger partial charge is 0.132 e. The van der Waals surface area contributed by atoms with Crippen molar-refractivity contribution in [2.45, 2.75) is 37.6 Å². The first-order valence-corrected chi connectivity index (χ1v) is 6.43. The van der Waals surface area contributed by atoms with Gasteiger partial charge in [-0.05, 0) is 29.4 Å². The Balaban J connectivity index is 2.53. The maximum atomic E-state index is 9.64. The third-order valence-corrected chi connectivity index (χ3v) is 3.98. The SMILES string of the molecule is C=CCNC1(C#N)CCC(C)(C)c2ccccc21. The Morgan fingerprint density at radius 2 is 2.00 bits per heavy atom. The monoisotopic (exact) mass is 240 g/mol. The summed E-state index contributed by atoms with van der Waals surface area (Å²) in [4.78, 5) is 0. The second-order valence-corrected chi connectivity index (χ2v) is 5.62. The van der Waals surface area contributed by atoms with Gasteiger partial charge in [0.15, 0.2) is 0 Å². The fourth-order valence-corrected chi connectivity index (χ4v) is 2.80. The molecule has 0 fully saturated rings. The van der Waals surface area contributed by atoms with Crippen LogP contribution < -0.4 is 5.32 Å². The normalized spacial score (nSPS) is 24.9. The zero-order chi connectivity index (χ0) is 13.2. The van der Waals surface area contributed by atoms with E-state index in [1.54, 1.807) is 6.08 Å². The largest absolute Gasteiger partial charge is 0.292 e. The molecule has 1 aliphatic rings. The van der Waals surface area contributed by atoms with E-state index >= 15 is 0 Å². The van der Waals surface area contributed by atoms with E-state index in [1.807, 2.05) is 6.07 Å². The minimum atomic E-state index is -0.555. The van der Waals surface area contributed by atoms with Gasteiger partial charge in [0.05, 0.1) is 6.07 Å². The molecule has 1 aliphatic carbocycles. The predicted octanol–water partition coefficient (Wildman–Crippen LogP) is 3.25. The topological polar surface area (TPSA) is 35.8 Å². The summed E-state index contributed by atoms with van der Waals surface area (Å²) in [5.41, 5.74) is 2.01. The summed E-state index contributed by atoms with van der Waals surface area (Å²) in [7, 11) is 0. The van der Waals surface area contributed by atoms with Crippen molar-refractivity contribution in [3.8, 4) is 6.07 Å². The van der Waals surface area contributed by atoms with E-state index in [9.17, 15) is 5.26 Å². The standard InChI is InChI=1S/C16H20N2/c1-4-11-18-16(12-17)10-9-15(2,3)13-7-5-6-8-14(13)16/h4-8,18H,1,9-11H2,2-3H3. The molecule has 0 bridgehead atoms. The van der Waals surface area contributed by atoms with E-state index in [-0.39, 0.29) is 5.41 Å². The second kappa shape index (κ2) is 4.59. The highest BCUT2D eigenvalue weighted by Crippen LogP contribution is 2.44. The molecule has 0 spiro atoms. The summed E-state index contributed by atoms with van der Waals surface area (Å²) in [6.45, 7) is 8.88. The maximum Gasteiger partial charge on any atom is 0.132 e. The number of hydrogen-bond donors (Lipinski definition) is 1. The van der Waals surface area contributed by atoms with E-state index < -0.39 is 5.54 Å². The van der Waals surface area contributed by atoms with Gasteiger partial charge in [0, 0.05) is 6.54 Å². The average Bonchev–Trinajstić information content (AvgIpc) is 2.39. The summed E-state index contributed by atoms with van der Waals surface area (Å²) in [5.74, 6) is 0. The highest BCUT2D eigenvalue weighted by Gasteiger charge is 2.42. The minimum absolute atomic E-state index is 0.146. The van der Waals surface area contributed by atoms with Gasteiger partial charge in [-0.25, -0.2) is 0 Å². The highest BCUT2D eigenvalue weighted by molar-refractivity contribution is 5.45. The Hall–Kier alpha value is -1.59. The van der Waals surface area contributed by atoms with Crippen molar-refractivity contribution in [3.63, 3.8) is 0 Å². The highest BCUT2D eigenvalue weighted by atomic mass is 15.0. The average molecular weight is 240 g/mol. The molecule has 94 valence electrons. The number of benzene rings is 1.